The first-order valence-electron chi connectivity index (χ1n) is 7.28. The first kappa shape index (κ1) is 13.7. The van der Waals surface area contributed by atoms with Crippen LogP contribution in [0.25, 0.3) is 0 Å². The van der Waals surface area contributed by atoms with Crippen molar-refractivity contribution in [3.63, 3.8) is 0 Å². The molecule has 2 saturated heterocycles. The number of rotatable bonds is 3. The van der Waals surface area contributed by atoms with Crippen LogP contribution in [0.15, 0.2) is 6.20 Å². The zero-order valence-electron chi connectivity index (χ0n) is 12.0. The molecule has 1 N–H and O–H groups in total. The molecule has 0 amide bonds. The van der Waals surface area contributed by atoms with E-state index in [0.29, 0.717) is 6.04 Å². The maximum absolute atomic E-state index is 9.17. The Morgan fingerprint density at radius 2 is 2.15 bits per heavy atom. The van der Waals surface area contributed by atoms with Crippen LogP contribution in [0.1, 0.15) is 17.7 Å². The van der Waals surface area contributed by atoms with Crippen LogP contribution >= 0.6 is 0 Å². The summed E-state index contributed by atoms with van der Waals surface area (Å²) in [6.45, 7) is 7.66. The second-order valence-corrected chi connectivity index (χ2v) is 5.48. The monoisotopic (exact) mass is 278 g/mol. The minimum absolute atomic E-state index is 0.00250. The van der Waals surface area contributed by atoms with Gasteiger partial charge in [-0.25, -0.2) is 9.97 Å². The molecule has 0 spiro atoms. The molecule has 2 fully saturated rings. The van der Waals surface area contributed by atoms with Crippen molar-refractivity contribution in [2.75, 3.05) is 44.3 Å². The van der Waals surface area contributed by atoms with E-state index in [1.807, 2.05) is 6.92 Å². The highest BCUT2D eigenvalue weighted by atomic mass is 16.5. The van der Waals surface area contributed by atoms with Crippen molar-refractivity contribution < 1.29 is 9.84 Å². The van der Waals surface area contributed by atoms with Crippen LogP contribution in [-0.2, 0) is 11.3 Å². The number of aryl methyl sites for hydroxylation is 1. The minimum Gasteiger partial charge on any atom is -0.392 e. The van der Waals surface area contributed by atoms with Crippen molar-refractivity contribution in [2.24, 2.45) is 0 Å². The van der Waals surface area contributed by atoms with E-state index in [9.17, 15) is 5.11 Å². The number of aliphatic hydroxyl groups excluding tert-OH is 1. The molecule has 6 heteroatoms. The zero-order chi connectivity index (χ0) is 13.9. The molecule has 1 aromatic heterocycles. The normalized spacial score (nSPS) is 24.3. The van der Waals surface area contributed by atoms with Gasteiger partial charge in [0.2, 0.25) is 5.95 Å². The van der Waals surface area contributed by atoms with E-state index in [-0.39, 0.29) is 6.61 Å². The molecule has 3 heterocycles. The van der Waals surface area contributed by atoms with Crippen LogP contribution in [0.3, 0.4) is 0 Å². The number of nitrogens with zero attached hydrogens (tertiary/aromatic N) is 4. The lowest BCUT2D eigenvalue weighted by molar-refractivity contribution is 0.0209. The predicted octanol–water partition coefficient (Wildman–Crippen LogP) is 0.188. The molecule has 0 radical (unpaired) electrons. The quantitative estimate of drug-likeness (QED) is 0.851. The third-order valence-corrected chi connectivity index (χ3v) is 4.25. The Balaban J connectivity index is 1.65. The summed E-state index contributed by atoms with van der Waals surface area (Å²) in [6.07, 6.45) is 2.89. The summed E-state index contributed by atoms with van der Waals surface area (Å²) in [7, 11) is 0. The van der Waals surface area contributed by atoms with E-state index in [1.54, 1.807) is 6.20 Å². The van der Waals surface area contributed by atoms with Crippen LogP contribution < -0.4 is 4.90 Å². The highest BCUT2D eigenvalue weighted by Crippen LogP contribution is 2.21. The fraction of sp³-hybridized carbons (Fsp3) is 0.714. The molecule has 0 aliphatic carbocycles. The molecule has 3 rings (SSSR count). The lowest BCUT2D eigenvalue weighted by Gasteiger charge is -2.32. The summed E-state index contributed by atoms with van der Waals surface area (Å²) in [5.41, 5.74) is 1.67. The number of ether oxygens (including phenoxy) is 1. The summed E-state index contributed by atoms with van der Waals surface area (Å²) in [5, 5.41) is 9.17. The van der Waals surface area contributed by atoms with Crippen LogP contribution in [-0.4, -0.2) is 65.4 Å². The molecular formula is C14H22N4O2. The molecule has 1 unspecified atom stereocenters. The molecule has 20 heavy (non-hydrogen) atoms. The number of morpholine rings is 1. The molecular weight excluding hydrogens is 256 g/mol. The van der Waals surface area contributed by atoms with E-state index in [0.717, 1.165) is 63.0 Å². The number of aliphatic hydroxyl groups is 1. The first-order chi connectivity index (χ1) is 9.78. The van der Waals surface area contributed by atoms with Crippen molar-refractivity contribution in [2.45, 2.75) is 26.0 Å². The lowest BCUT2D eigenvalue weighted by Crippen LogP contribution is -2.44. The Hall–Kier alpha value is -1.24. The largest absolute Gasteiger partial charge is 0.392 e. The Kier molecular flexibility index (Phi) is 4.14. The number of aromatic nitrogens is 2. The molecule has 6 nitrogen and oxygen atoms in total. The van der Waals surface area contributed by atoms with Crippen molar-refractivity contribution in [3.05, 3.63) is 17.5 Å². The van der Waals surface area contributed by atoms with Crippen molar-refractivity contribution >= 4 is 5.95 Å². The molecule has 0 bridgehead atoms. The van der Waals surface area contributed by atoms with E-state index >= 15 is 0 Å². The average molecular weight is 278 g/mol. The summed E-state index contributed by atoms with van der Waals surface area (Å²) in [6, 6.07) is 0.584. The molecule has 2 aliphatic rings. The molecule has 2 aliphatic heterocycles. The Labute approximate surface area is 119 Å². The van der Waals surface area contributed by atoms with E-state index in [1.165, 1.54) is 0 Å². The van der Waals surface area contributed by atoms with Gasteiger partial charge in [-0.2, -0.15) is 0 Å². The van der Waals surface area contributed by atoms with Gasteiger partial charge < -0.3 is 14.7 Å². The number of hydrogen-bond acceptors (Lipinski definition) is 6. The zero-order valence-corrected chi connectivity index (χ0v) is 12.0. The van der Waals surface area contributed by atoms with Gasteiger partial charge in [-0.3, -0.25) is 4.90 Å². The SMILES string of the molecule is Cc1nc(N2CCC(N3CCOCC3)C2)ncc1CO. The Morgan fingerprint density at radius 1 is 1.35 bits per heavy atom. The third kappa shape index (κ3) is 2.77. The van der Waals surface area contributed by atoms with Gasteiger partial charge in [-0.05, 0) is 13.3 Å². The summed E-state index contributed by atoms with van der Waals surface area (Å²) in [5.74, 6) is 0.787. The van der Waals surface area contributed by atoms with Crippen LogP contribution in [0.5, 0.6) is 0 Å². The van der Waals surface area contributed by atoms with Gasteiger partial charge in [0.05, 0.1) is 19.8 Å². The van der Waals surface area contributed by atoms with Gasteiger partial charge in [0.25, 0.3) is 0 Å². The highest BCUT2D eigenvalue weighted by Gasteiger charge is 2.29. The molecule has 1 aromatic rings. The van der Waals surface area contributed by atoms with Gasteiger partial charge in [0.1, 0.15) is 0 Å². The second-order valence-electron chi connectivity index (χ2n) is 5.48. The van der Waals surface area contributed by atoms with Crippen molar-refractivity contribution in [1.82, 2.24) is 14.9 Å². The summed E-state index contributed by atoms with van der Waals surface area (Å²) in [4.78, 5) is 13.7. The molecule has 1 atom stereocenters. The lowest BCUT2D eigenvalue weighted by atomic mass is 10.2. The summed E-state index contributed by atoms with van der Waals surface area (Å²) < 4.78 is 5.41. The molecule has 0 saturated carbocycles. The fourth-order valence-corrected chi connectivity index (χ4v) is 2.95. The van der Waals surface area contributed by atoms with Gasteiger partial charge in [0, 0.05) is 49.7 Å². The number of anilines is 1. The van der Waals surface area contributed by atoms with Gasteiger partial charge in [-0.1, -0.05) is 0 Å². The Bertz CT molecular complexity index is 462. The molecule has 0 aromatic carbocycles. The maximum atomic E-state index is 9.17. The van der Waals surface area contributed by atoms with E-state index in [2.05, 4.69) is 19.8 Å². The predicted molar refractivity (Wildman–Crippen MR) is 75.7 cm³/mol. The maximum Gasteiger partial charge on any atom is 0.225 e. The van der Waals surface area contributed by atoms with Crippen molar-refractivity contribution in [3.8, 4) is 0 Å². The topological polar surface area (TPSA) is 61.7 Å². The van der Waals surface area contributed by atoms with Crippen LogP contribution in [0, 0.1) is 6.92 Å². The third-order valence-electron chi connectivity index (χ3n) is 4.25. The standard InChI is InChI=1S/C14H22N4O2/c1-11-12(10-19)8-15-14(16-11)18-3-2-13(9-18)17-4-6-20-7-5-17/h8,13,19H,2-7,9-10H2,1H3. The van der Waals surface area contributed by atoms with Gasteiger partial charge >= 0.3 is 0 Å². The smallest absolute Gasteiger partial charge is 0.225 e. The fourth-order valence-electron chi connectivity index (χ4n) is 2.95. The number of hydrogen-bond donors (Lipinski definition) is 1. The van der Waals surface area contributed by atoms with Crippen LogP contribution in [0.4, 0.5) is 5.95 Å². The van der Waals surface area contributed by atoms with Gasteiger partial charge in [0.15, 0.2) is 0 Å². The van der Waals surface area contributed by atoms with Gasteiger partial charge in [-0.15, -0.1) is 0 Å². The average Bonchev–Trinajstić information content (AvgIpc) is 2.98. The first-order valence-corrected chi connectivity index (χ1v) is 7.28. The van der Waals surface area contributed by atoms with E-state index < -0.39 is 0 Å². The second kappa shape index (κ2) is 6.03. The van der Waals surface area contributed by atoms with Crippen LogP contribution in [0.2, 0.25) is 0 Å². The Morgan fingerprint density at radius 3 is 2.85 bits per heavy atom. The van der Waals surface area contributed by atoms with Crippen molar-refractivity contribution in [1.29, 1.82) is 0 Å². The molecule has 110 valence electrons. The minimum atomic E-state index is 0.00250. The van der Waals surface area contributed by atoms with E-state index in [4.69, 9.17) is 4.74 Å². The summed E-state index contributed by atoms with van der Waals surface area (Å²) >= 11 is 0. The highest BCUT2D eigenvalue weighted by molar-refractivity contribution is 5.34.